The molecule has 4 rings (SSSR count). The van der Waals surface area contributed by atoms with Crippen molar-refractivity contribution in [1.82, 2.24) is 10.1 Å². The summed E-state index contributed by atoms with van der Waals surface area (Å²) in [5.41, 5.74) is 2.65. The van der Waals surface area contributed by atoms with E-state index in [1.165, 1.54) is 12.7 Å². The predicted molar refractivity (Wildman–Crippen MR) is 118 cm³/mol. The Balaban J connectivity index is 1.72. The summed E-state index contributed by atoms with van der Waals surface area (Å²) in [7, 11) is 1.63. The summed E-state index contributed by atoms with van der Waals surface area (Å²) in [6.07, 6.45) is 4.95. The second kappa shape index (κ2) is 9.83. The number of benzene rings is 1. The van der Waals surface area contributed by atoms with Crippen LogP contribution in [0.2, 0.25) is 0 Å². The summed E-state index contributed by atoms with van der Waals surface area (Å²) in [4.78, 5) is 17.2. The van der Waals surface area contributed by atoms with Crippen LogP contribution in [0.15, 0.2) is 57.7 Å². The molecule has 164 valence electrons. The van der Waals surface area contributed by atoms with Crippen molar-refractivity contribution in [2.75, 3.05) is 31.7 Å². The van der Waals surface area contributed by atoms with Gasteiger partial charge in [-0.3, -0.25) is 4.79 Å². The molecule has 0 radical (unpaired) electrons. The first-order valence-electron chi connectivity index (χ1n) is 10.8. The number of aromatic nitrogens is 1. The molecule has 1 saturated heterocycles. The maximum absolute atomic E-state index is 13.1. The van der Waals surface area contributed by atoms with E-state index in [1.54, 1.807) is 24.1 Å². The van der Waals surface area contributed by atoms with Gasteiger partial charge in [0.1, 0.15) is 5.69 Å². The van der Waals surface area contributed by atoms with Gasteiger partial charge in [-0.15, -0.1) is 0 Å². The van der Waals surface area contributed by atoms with Crippen LogP contribution in [-0.4, -0.2) is 48.8 Å². The molecule has 2 aromatic heterocycles. The van der Waals surface area contributed by atoms with Crippen molar-refractivity contribution >= 4 is 11.8 Å². The maximum Gasteiger partial charge on any atom is 0.289 e. The average Bonchev–Trinajstić information content (AvgIpc) is 3.47. The molecule has 0 unspecified atom stereocenters. The smallest absolute Gasteiger partial charge is 0.289 e. The molecule has 1 aliphatic heterocycles. The second-order valence-electron chi connectivity index (χ2n) is 7.92. The van der Waals surface area contributed by atoms with Crippen LogP contribution in [0, 0.1) is 0 Å². The number of rotatable bonds is 8. The summed E-state index contributed by atoms with van der Waals surface area (Å²) in [6, 6.07) is 13.7. The molecule has 7 heteroatoms. The lowest BCUT2D eigenvalue weighted by atomic mass is 10.0. The monoisotopic (exact) mass is 423 g/mol. The second-order valence-corrected chi connectivity index (χ2v) is 7.92. The first-order chi connectivity index (χ1) is 15.2. The van der Waals surface area contributed by atoms with Crippen molar-refractivity contribution in [3.8, 4) is 11.3 Å². The minimum Gasteiger partial charge on any atom is -0.459 e. The van der Waals surface area contributed by atoms with Gasteiger partial charge in [0.15, 0.2) is 5.76 Å². The van der Waals surface area contributed by atoms with E-state index in [9.17, 15) is 4.79 Å². The van der Waals surface area contributed by atoms with Crippen LogP contribution in [-0.2, 0) is 11.3 Å². The van der Waals surface area contributed by atoms with E-state index in [4.69, 9.17) is 13.7 Å². The van der Waals surface area contributed by atoms with E-state index in [-0.39, 0.29) is 5.91 Å². The van der Waals surface area contributed by atoms with E-state index in [0.717, 1.165) is 42.1 Å². The molecule has 0 spiro atoms. The van der Waals surface area contributed by atoms with Gasteiger partial charge in [-0.05, 0) is 38.3 Å². The molecular weight excluding hydrogens is 394 g/mol. The topological polar surface area (TPSA) is 72.0 Å². The van der Waals surface area contributed by atoms with Crippen molar-refractivity contribution in [2.45, 2.75) is 38.8 Å². The molecule has 0 saturated carbocycles. The summed E-state index contributed by atoms with van der Waals surface area (Å²) in [5, 5.41) is 4.44. The van der Waals surface area contributed by atoms with Crippen molar-refractivity contribution in [2.24, 2.45) is 0 Å². The Hall–Kier alpha value is -3.06. The van der Waals surface area contributed by atoms with Crippen molar-refractivity contribution in [3.05, 3.63) is 60.1 Å². The SMILES string of the molecule is COCCN(Cc1c(-c2ccccc2)noc1N1CCCC[C@H]1C)C(=O)c1ccco1. The summed E-state index contributed by atoms with van der Waals surface area (Å²) < 4.78 is 16.6. The first-order valence-corrected chi connectivity index (χ1v) is 10.8. The van der Waals surface area contributed by atoms with Crippen LogP contribution < -0.4 is 4.90 Å². The van der Waals surface area contributed by atoms with Gasteiger partial charge in [0.2, 0.25) is 5.88 Å². The van der Waals surface area contributed by atoms with E-state index in [2.05, 4.69) is 17.0 Å². The molecule has 1 fully saturated rings. The lowest BCUT2D eigenvalue weighted by molar-refractivity contribution is 0.0649. The summed E-state index contributed by atoms with van der Waals surface area (Å²) >= 11 is 0. The Kier molecular flexibility index (Phi) is 6.72. The summed E-state index contributed by atoms with van der Waals surface area (Å²) in [5.74, 6) is 0.877. The maximum atomic E-state index is 13.1. The van der Waals surface area contributed by atoms with Gasteiger partial charge in [0.25, 0.3) is 5.91 Å². The fourth-order valence-corrected chi connectivity index (χ4v) is 4.09. The van der Waals surface area contributed by atoms with Crippen LogP contribution in [0.5, 0.6) is 0 Å². The van der Waals surface area contributed by atoms with Crippen LogP contribution in [0.3, 0.4) is 0 Å². The lowest BCUT2D eigenvalue weighted by Crippen LogP contribution is -2.39. The van der Waals surface area contributed by atoms with E-state index in [1.807, 2.05) is 30.3 Å². The Morgan fingerprint density at radius 2 is 2.06 bits per heavy atom. The highest BCUT2D eigenvalue weighted by Crippen LogP contribution is 2.35. The molecule has 1 aromatic carbocycles. The number of piperidine rings is 1. The minimum atomic E-state index is -0.181. The van der Waals surface area contributed by atoms with Gasteiger partial charge >= 0.3 is 0 Å². The van der Waals surface area contributed by atoms with Crippen molar-refractivity contribution in [3.63, 3.8) is 0 Å². The third-order valence-corrected chi connectivity index (χ3v) is 5.81. The molecule has 3 heterocycles. The van der Waals surface area contributed by atoms with E-state index >= 15 is 0 Å². The number of nitrogens with zero attached hydrogens (tertiary/aromatic N) is 3. The molecule has 1 amide bonds. The van der Waals surface area contributed by atoms with Crippen LogP contribution in [0.25, 0.3) is 11.3 Å². The number of methoxy groups -OCH3 is 1. The van der Waals surface area contributed by atoms with Crippen molar-refractivity contribution in [1.29, 1.82) is 0 Å². The Morgan fingerprint density at radius 1 is 1.23 bits per heavy atom. The lowest BCUT2D eigenvalue weighted by Gasteiger charge is -2.34. The standard InChI is InChI=1S/C24H29N3O4/c1-18-9-6-7-13-27(18)24-20(22(25-31-24)19-10-4-3-5-11-19)17-26(14-16-29-2)23(28)21-12-8-15-30-21/h3-5,8,10-12,15,18H,6-7,9,13-14,16-17H2,1-2H3/t18-/m1/s1. The van der Waals surface area contributed by atoms with Crippen molar-refractivity contribution < 1.29 is 18.5 Å². The fraction of sp³-hybridized carbons (Fsp3) is 0.417. The van der Waals surface area contributed by atoms with Gasteiger partial charge in [0.05, 0.1) is 25.0 Å². The zero-order chi connectivity index (χ0) is 21.6. The highest BCUT2D eigenvalue weighted by molar-refractivity contribution is 5.91. The third kappa shape index (κ3) is 4.66. The predicted octanol–water partition coefficient (Wildman–Crippen LogP) is 4.60. The molecule has 0 bridgehead atoms. The number of hydrogen-bond acceptors (Lipinski definition) is 6. The largest absolute Gasteiger partial charge is 0.459 e. The minimum absolute atomic E-state index is 0.181. The average molecular weight is 424 g/mol. The van der Waals surface area contributed by atoms with Crippen LogP contribution in [0.1, 0.15) is 42.3 Å². The third-order valence-electron chi connectivity index (χ3n) is 5.81. The number of carbonyl (C=O) groups is 1. The highest BCUT2D eigenvalue weighted by atomic mass is 16.5. The molecule has 0 N–H and O–H groups in total. The van der Waals surface area contributed by atoms with Gasteiger partial charge in [-0.2, -0.15) is 0 Å². The van der Waals surface area contributed by atoms with Gasteiger partial charge in [-0.25, -0.2) is 0 Å². The first kappa shape index (κ1) is 21.2. The molecule has 1 aliphatic rings. The quantitative estimate of drug-likeness (QED) is 0.527. The number of amides is 1. The zero-order valence-corrected chi connectivity index (χ0v) is 18.1. The number of hydrogen-bond donors (Lipinski definition) is 0. The van der Waals surface area contributed by atoms with Gasteiger partial charge in [0, 0.05) is 31.8 Å². The van der Waals surface area contributed by atoms with Gasteiger partial charge < -0.3 is 23.5 Å². The Bertz CT molecular complexity index is 968. The molecular formula is C24H29N3O4. The van der Waals surface area contributed by atoms with Gasteiger partial charge in [-0.1, -0.05) is 35.5 Å². The molecule has 7 nitrogen and oxygen atoms in total. The Labute approximate surface area is 182 Å². The Morgan fingerprint density at radius 3 is 2.77 bits per heavy atom. The molecule has 1 atom stereocenters. The highest BCUT2D eigenvalue weighted by Gasteiger charge is 2.30. The van der Waals surface area contributed by atoms with Crippen LogP contribution in [0.4, 0.5) is 5.88 Å². The number of carbonyl (C=O) groups excluding carboxylic acids is 1. The number of anilines is 1. The van der Waals surface area contributed by atoms with E-state index in [0.29, 0.717) is 31.5 Å². The molecule has 31 heavy (non-hydrogen) atoms. The normalized spacial score (nSPS) is 16.5. The number of furan rings is 1. The van der Waals surface area contributed by atoms with Crippen LogP contribution >= 0.6 is 0 Å². The summed E-state index contributed by atoms with van der Waals surface area (Å²) in [6.45, 7) is 4.35. The molecule has 0 aliphatic carbocycles. The zero-order valence-electron chi connectivity index (χ0n) is 18.1. The van der Waals surface area contributed by atoms with E-state index < -0.39 is 0 Å². The molecule has 3 aromatic rings. The fourth-order valence-electron chi connectivity index (χ4n) is 4.09. The number of ether oxygens (including phenoxy) is 1.